The molecule has 1 N–H and O–H groups in total. The van der Waals surface area contributed by atoms with Gasteiger partial charge in [-0.3, -0.25) is 14.0 Å². The van der Waals surface area contributed by atoms with Gasteiger partial charge in [-0.1, -0.05) is 29.8 Å². The van der Waals surface area contributed by atoms with E-state index in [1.165, 1.54) is 22.7 Å². The summed E-state index contributed by atoms with van der Waals surface area (Å²) in [6.07, 6.45) is 4.67. The van der Waals surface area contributed by atoms with Gasteiger partial charge in [-0.2, -0.15) is 0 Å². The lowest BCUT2D eigenvalue weighted by Gasteiger charge is -2.35. The van der Waals surface area contributed by atoms with Gasteiger partial charge in [0, 0.05) is 30.7 Å². The van der Waals surface area contributed by atoms with Crippen molar-refractivity contribution in [1.29, 1.82) is 0 Å². The summed E-state index contributed by atoms with van der Waals surface area (Å²) in [4.78, 5) is 39.3. The van der Waals surface area contributed by atoms with E-state index in [0.29, 0.717) is 34.1 Å². The molecular weight excluding hydrogens is 534 g/mol. The number of piperidine rings is 1. The molecule has 34 heavy (non-hydrogen) atoms. The number of nitrogens with zero attached hydrogens (tertiary/aromatic N) is 4. The van der Waals surface area contributed by atoms with E-state index >= 15 is 0 Å². The third-order valence-corrected chi connectivity index (χ3v) is 8.43. The Morgan fingerprint density at radius 2 is 2.09 bits per heavy atom. The van der Waals surface area contributed by atoms with Gasteiger partial charge in [-0.15, -0.1) is 22.7 Å². The van der Waals surface area contributed by atoms with Crippen molar-refractivity contribution in [2.24, 2.45) is 0 Å². The van der Waals surface area contributed by atoms with E-state index < -0.39 is 0 Å². The second kappa shape index (κ2) is 9.59. The van der Waals surface area contributed by atoms with Crippen molar-refractivity contribution in [3.63, 3.8) is 0 Å². The van der Waals surface area contributed by atoms with Gasteiger partial charge < -0.3 is 10.2 Å². The Morgan fingerprint density at radius 3 is 2.91 bits per heavy atom. The molecular formula is C24H24BrN5O2S2. The maximum Gasteiger partial charge on any atom is 0.274 e. The van der Waals surface area contributed by atoms with Gasteiger partial charge in [0.1, 0.15) is 11.4 Å². The number of amides is 2. The number of thiazole rings is 2. The number of likely N-dealkylation sites (tertiary alicyclic amines) is 1. The van der Waals surface area contributed by atoms with Crippen LogP contribution in [-0.4, -0.2) is 50.2 Å². The summed E-state index contributed by atoms with van der Waals surface area (Å²) in [6, 6.07) is 8.04. The fraction of sp³-hybridized carbons (Fsp3) is 0.333. The van der Waals surface area contributed by atoms with E-state index in [0.717, 1.165) is 40.2 Å². The molecule has 0 spiro atoms. The van der Waals surface area contributed by atoms with Crippen LogP contribution in [0.4, 0.5) is 0 Å². The Labute approximate surface area is 214 Å². The molecule has 4 heterocycles. The second-order valence-corrected chi connectivity index (χ2v) is 11.6. The molecule has 1 atom stereocenters. The van der Waals surface area contributed by atoms with Crippen molar-refractivity contribution in [2.75, 3.05) is 13.1 Å². The smallest absolute Gasteiger partial charge is 0.274 e. The minimum absolute atomic E-state index is 0.0813. The molecule has 0 radical (unpaired) electrons. The number of carbonyl (C=O) groups excluding carboxylic acids is 2. The number of hydrogen-bond acceptors (Lipinski definition) is 6. The highest BCUT2D eigenvalue weighted by atomic mass is 79.9. The predicted molar refractivity (Wildman–Crippen MR) is 139 cm³/mol. The zero-order valence-electron chi connectivity index (χ0n) is 18.9. The zero-order valence-corrected chi connectivity index (χ0v) is 22.1. The average Bonchev–Trinajstić information content (AvgIpc) is 3.51. The highest BCUT2D eigenvalue weighted by molar-refractivity contribution is 9.11. The molecule has 176 valence electrons. The molecule has 7 nitrogen and oxygen atoms in total. The summed E-state index contributed by atoms with van der Waals surface area (Å²) in [5.74, 6) is -0.253. The van der Waals surface area contributed by atoms with Crippen molar-refractivity contribution in [1.82, 2.24) is 24.6 Å². The number of rotatable bonds is 5. The molecule has 4 aromatic rings. The standard InChI is InChI=1S/C24H24BrN5O2S2/c1-14-6-5-7-16(12-14)20-18(28-23(25)34-20)22(32)29-9-4-3-8-17(29)13-26-21(31)19-15(2)27-24-30(19)10-11-33-24/h5-7,10-12,17H,3-4,8-9,13H2,1-2H3,(H,26,31)/t17-/m0/s1. The van der Waals surface area contributed by atoms with Gasteiger partial charge in [-0.05, 0) is 54.6 Å². The Morgan fingerprint density at radius 1 is 1.24 bits per heavy atom. The predicted octanol–water partition coefficient (Wildman–Crippen LogP) is 5.32. The van der Waals surface area contributed by atoms with E-state index in [1.54, 1.807) is 0 Å². The Balaban J connectivity index is 1.36. The van der Waals surface area contributed by atoms with Crippen molar-refractivity contribution in [2.45, 2.75) is 39.2 Å². The van der Waals surface area contributed by atoms with Crippen LogP contribution in [0.15, 0.2) is 39.8 Å². The largest absolute Gasteiger partial charge is 0.349 e. The Kier molecular flexibility index (Phi) is 6.54. The average molecular weight is 559 g/mol. The van der Waals surface area contributed by atoms with Crippen LogP contribution in [0.3, 0.4) is 0 Å². The number of nitrogens with one attached hydrogen (secondary N) is 1. The van der Waals surface area contributed by atoms with Crippen LogP contribution in [0, 0.1) is 13.8 Å². The first-order chi connectivity index (χ1) is 16.4. The Bertz CT molecular complexity index is 1370. The van der Waals surface area contributed by atoms with E-state index in [1.807, 2.05) is 52.9 Å². The van der Waals surface area contributed by atoms with Crippen LogP contribution in [0.2, 0.25) is 0 Å². The monoisotopic (exact) mass is 557 g/mol. The molecule has 3 aromatic heterocycles. The number of aromatic nitrogens is 3. The summed E-state index contributed by atoms with van der Waals surface area (Å²) < 4.78 is 2.50. The highest BCUT2D eigenvalue weighted by Gasteiger charge is 2.32. The number of benzene rings is 1. The number of imidazole rings is 1. The second-order valence-electron chi connectivity index (χ2n) is 8.47. The van der Waals surface area contributed by atoms with Crippen LogP contribution in [0.25, 0.3) is 15.4 Å². The topological polar surface area (TPSA) is 79.6 Å². The van der Waals surface area contributed by atoms with Crippen molar-refractivity contribution in [3.05, 3.63) is 62.4 Å². The van der Waals surface area contributed by atoms with E-state index in [2.05, 4.69) is 37.3 Å². The quantitative estimate of drug-likeness (QED) is 0.360. The Hall–Kier alpha value is -2.56. The van der Waals surface area contributed by atoms with Crippen LogP contribution in [-0.2, 0) is 0 Å². The van der Waals surface area contributed by atoms with Gasteiger partial charge in [0.2, 0.25) is 0 Å². The normalized spacial score (nSPS) is 16.2. The summed E-state index contributed by atoms with van der Waals surface area (Å²) in [5, 5.41) is 4.97. The first-order valence-electron chi connectivity index (χ1n) is 11.2. The molecule has 1 aliphatic rings. The fourth-order valence-electron chi connectivity index (χ4n) is 4.50. The molecule has 1 saturated heterocycles. The van der Waals surface area contributed by atoms with Gasteiger partial charge in [0.15, 0.2) is 8.88 Å². The lowest BCUT2D eigenvalue weighted by molar-refractivity contribution is 0.0597. The molecule has 0 bridgehead atoms. The first kappa shape index (κ1) is 23.2. The van der Waals surface area contributed by atoms with Crippen LogP contribution < -0.4 is 5.32 Å². The van der Waals surface area contributed by atoms with Crippen LogP contribution in [0.1, 0.15) is 51.5 Å². The maximum absolute atomic E-state index is 13.7. The molecule has 10 heteroatoms. The van der Waals surface area contributed by atoms with Gasteiger partial charge in [-0.25, -0.2) is 9.97 Å². The molecule has 1 fully saturated rings. The van der Waals surface area contributed by atoms with Gasteiger partial charge >= 0.3 is 0 Å². The number of aryl methyl sites for hydroxylation is 2. The molecule has 1 aliphatic heterocycles. The summed E-state index contributed by atoms with van der Waals surface area (Å²) in [5.41, 5.74) is 3.84. The highest BCUT2D eigenvalue weighted by Crippen LogP contribution is 2.35. The number of carbonyl (C=O) groups is 2. The lowest BCUT2D eigenvalue weighted by atomic mass is 10.0. The fourth-order valence-corrected chi connectivity index (χ4v) is 6.70. The molecule has 1 aromatic carbocycles. The third kappa shape index (κ3) is 4.42. The van der Waals surface area contributed by atoms with Crippen molar-refractivity contribution < 1.29 is 9.59 Å². The number of halogens is 1. The third-order valence-electron chi connectivity index (χ3n) is 6.12. The zero-order chi connectivity index (χ0) is 23.8. The van der Waals surface area contributed by atoms with Crippen LogP contribution >= 0.6 is 38.6 Å². The summed E-state index contributed by atoms with van der Waals surface area (Å²) in [7, 11) is 0. The number of fused-ring (bicyclic) bond motifs is 1. The SMILES string of the molecule is Cc1cccc(-c2sc(Br)nc2C(=O)N2CCCC[C@H]2CNC(=O)c2c(C)nc3sccn23)c1. The number of hydrogen-bond donors (Lipinski definition) is 1. The minimum Gasteiger partial charge on any atom is -0.349 e. The summed E-state index contributed by atoms with van der Waals surface area (Å²) >= 11 is 6.44. The molecule has 2 amide bonds. The summed E-state index contributed by atoms with van der Waals surface area (Å²) in [6.45, 7) is 4.93. The van der Waals surface area contributed by atoms with Crippen molar-refractivity contribution >= 4 is 55.4 Å². The van der Waals surface area contributed by atoms with E-state index in [-0.39, 0.29) is 17.9 Å². The van der Waals surface area contributed by atoms with Crippen molar-refractivity contribution in [3.8, 4) is 10.4 Å². The molecule has 0 aliphatic carbocycles. The molecule has 5 rings (SSSR count). The molecule has 0 unspecified atom stereocenters. The lowest BCUT2D eigenvalue weighted by Crippen LogP contribution is -2.49. The molecule has 0 saturated carbocycles. The first-order valence-corrected chi connectivity index (χ1v) is 13.7. The van der Waals surface area contributed by atoms with Gasteiger partial charge in [0.05, 0.1) is 10.6 Å². The van der Waals surface area contributed by atoms with Crippen LogP contribution in [0.5, 0.6) is 0 Å². The minimum atomic E-state index is -0.168. The maximum atomic E-state index is 13.7. The van der Waals surface area contributed by atoms with E-state index in [9.17, 15) is 9.59 Å². The van der Waals surface area contributed by atoms with E-state index in [4.69, 9.17) is 0 Å². The van der Waals surface area contributed by atoms with Gasteiger partial charge in [0.25, 0.3) is 11.8 Å².